The van der Waals surface area contributed by atoms with Crippen LogP contribution < -0.4 is 4.74 Å². The van der Waals surface area contributed by atoms with Gasteiger partial charge in [0.1, 0.15) is 12.0 Å². The van der Waals surface area contributed by atoms with Crippen molar-refractivity contribution in [2.75, 3.05) is 7.11 Å². The Morgan fingerprint density at radius 3 is 1.79 bits per heavy atom. The van der Waals surface area contributed by atoms with Crippen molar-refractivity contribution in [1.29, 1.82) is 0 Å². The zero-order valence-electron chi connectivity index (χ0n) is 27.6. The fraction of sp³-hybridized carbons (Fsp3) is 0.189. The van der Waals surface area contributed by atoms with E-state index in [2.05, 4.69) is 0 Å². The molecule has 276 valence electrons. The summed E-state index contributed by atoms with van der Waals surface area (Å²) in [4.78, 5) is 51.7. The Morgan fingerprint density at radius 1 is 0.698 bits per heavy atom. The highest BCUT2D eigenvalue weighted by Crippen LogP contribution is 2.53. The van der Waals surface area contributed by atoms with Crippen LogP contribution in [0.3, 0.4) is 0 Å². The molecule has 4 aromatic carbocycles. The maximum Gasteiger partial charge on any atom is 0.347 e. The summed E-state index contributed by atoms with van der Waals surface area (Å²) in [5.41, 5.74) is 0.623. The van der Waals surface area contributed by atoms with Gasteiger partial charge in [0.25, 0.3) is 0 Å². The highest BCUT2D eigenvalue weighted by Gasteiger charge is 2.46. The van der Waals surface area contributed by atoms with Crippen molar-refractivity contribution in [3.05, 3.63) is 101 Å². The van der Waals surface area contributed by atoms with Crippen LogP contribution in [0.1, 0.15) is 39.8 Å². The number of aromatic hydroxyl groups is 7. The number of hydrogen-bond acceptors (Lipinski definition) is 15. The van der Waals surface area contributed by atoms with Gasteiger partial charge < -0.3 is 59.8 Å². The number of methoxy groups -OCH3 is 1. The van der Waals surface area contributed by atoms with E-state index >= 15 is 0 Å². The van der Waals surface area contributed by atoms with Gasteiger partial charge in [-0.05, 0) is 70.8 Å². The van der Waals surface area contributed by atoms with E-state index in [1.807, 2.05) is 0 Å². The Hall–Kier alpha value is -7.10. The van der Waals surface area contributed by atoms with Gasteiger partial charge in [-0.2, -0.15) is 0 Å². The fourth-order valence-corrected chi connectivity index (χ4v) is 5.61. The van der Waals surface area contributed by atoms with E-state index in [4.69, 9.17) is 18.9 Å². The molecule has 0 bridgehead atoms. The minimum Gasteiger partial charge on any atom is -0.504 e. The van der Waals surface area contributed by atoms with E-state index < -0.39 is 94.8 Å². The van der Waals surface area contributed by atoms with Crippen molar-refractivity contribution in [2.45, 2.75) is 37.1 Å². The lowest BCUT2D eigenvalue weighted by Crippen LogP contribution is -2.33. The summed E-state index contributed by atoms with van der Waals surface area (Å²) in [5.74, 6) is -9.96. The highest BCUT2D eigenvalue weighted by atomic mass is 16.6. The largest absolute Gasteiger partial charge is 0.504 e. The molecule has 0 amide bonds. The molecule has 0 aliphatic carbocycles. The lowest BCUT2D eigenvalue weighted by molar-refractivity contribution is -0.166. The molecule has 1 aliphatic heterocycles. The second-order valence-electron chi connectivity index (χ2n) is 11.8. The van der Waals surface area contributed by atoms with Gasteiger partial charge in [-0.15, -0.1) is 0 Å². The van der Waals surface area contributed by atoms with E-state index in [9.17, 15) is 60.0 Å². The van der Waals surface area contributed by atoms with E-state index in [1.54, 1.807) is 0 Å². The molecule has 53 heavy (non-hydrogen) atoms. The minimum atomic E-state index is -1.83. The number of aliphatic carboxylic acids is 1. The number of phenols is 7. The molecular weight excluding hydrogens is 700 g/mol. The summed E-state index contributed by atoms with van der Waals surface area (Å²) in [6, 6.07) is 13.3. The summed E-state index contributed by atoms with van der Waals surface area (Å²) in [6.45, 7) is 0. The van der Waals surface area contributed by atoms with Crippen molar-refractivity contribution < 1.29 is 79.0 Å². The van der Waals surface area contributed by atoms with Gasteiger partial charge in [0.15, 0.2) is 46.0 Å². The third kappa shape index (κ3) is 8.28. The molecule has 0 aromatic heterocycles. The molecule has 16 nitrogen and oxygen atoms in total. The quantitative estimate of drug-likeness (QED) is 0.0449. The number of carboxylic acids is 1. The molecule has 0 saturated heterocycles. The third-order valence-corrected chi connectivity index (χ3v) is 8.23. The molecule has 4 unspecified atom stereocenters. The van der Waals surface area contributed by atoms with Crippen LogP contribution in [-0.4, -0.2) is 84.0 Å². The van der Waals surface area contributed by atoms with Gasteiger partial charge in [0.2, 0.25) is 12.2 Å². The molecule has 8 N–H and O–H groups in total. The summed E-state index contributed by atoms with van der Waals surface area (Å²) >= 11 is 0. The maximum atomic E-state index is 14.0. The summed E-state index contributed by atoms with van der Waals surface area (Å²) < 4.78 is 21.5. The van der Waals surface area contributed by atoms with Gasteiger partial charge >= 0.3 is 23.9 Å². The van der Waals surface area contributed by atoms with Gasteiger partial charge in [0.05, 0.1) is 7.11 Å². The third-order valence-electron chi connectivity index (χ3n) is 8.23. The van der Waals surface area contributed by atoms with Crippen molar-refractivity contribution in [1.82, 2.24) is 0 Å². The summed E-state index contributed by atoms with van der Waals surface area (Å²) in [5, 5.41) is 79.8. The molecule has 1 aliphatic rings. The lowest BCUT2D eigenvalue weighted by Gasteiger charge is -2.22. The minimum absolute atomic E-state index is 0.0629. The van der Waals surface area contributed by atoms with Crippen LogP contribution in [0.15, 0.2) is 72.8 Å². The van der Waals surface area contributed by atoms with Crippen molar-refractivity contribution >= 4 is 30.0 Å². The first-order valence-corrected chi connectivity index (χ1v) is 15.6. The number of esters is 3. The van der Waals surface area contributed by atoms with Crippen LogP contribution >= 0.6 is 0 Å². The number of hydrogen-bond donors (Lipinski definition) is 8. The Balaban J connectivity index is 1.48. The van der Waals surface area contributed by atoms with Crippen LogP contribution in [0.5, 0.6) is 46.0 Å². The number of ether oxygens (including phenoxy) is 4. The standard InChI is InChI=1S/C37H32O16/c1-50-36(48)29(15-18-3-8-22(39)26(43)13-18)51-30(45)11-6-19-4-10-24(41)34-31(19)32(33(53-34)20-5-9-23(40)27(44)16-20)37(49)52-28(35(46)47)14-17-2-7-21(38)25(42)12-17/h2-13,16,28-29,32-33,38-44H,14-15H2,1H3,(H,46,47). The molecule has 4 aromatic rings. The lowest BCUT2D eigenvalue weighted by atomic mass is 9.87. The first kappa shape index (κ1) is 37.2. The number of carbonyl (C=O) groups is 4. The van der Waals surface area contributed by atoms with Gasteiger partial charge in [0, 0.05) is 24.5 Å². The number of carbonyl (C=O) groups excluding carboxylic acids is 3. The van der Waals surface area contributed by atoms with E-state index in [1.165, 1.54) is 48.5 Å². The molecule has 16 heteroatoms. The molecule has 5 rings (SSSR count). The molecule has 0 fully saturated rings. The average molecular weight is 733 g/mol. The van der Waals surface area contributed by atoms with Gasteiger partial charge in [-0.1, -0.05) is 24.3 Å². The molecule has 0 saturated carbocycles. The second kappa shape index (κ2) is 15.4. The number of rotatable bonds is 12. The first-order chi connectivity index (χ1) is 25.2. The zero-order valence-corrected chi connectivity index (χ0v) is 27.6. The number of benzene rings is 4. The molecule has 0 spiro atoms. The van der Waals surface area contributed by atoms with E-state index in [0.29, 0.717) is 5.56 Å². The summed E-state index contributed by atoms with van der Waals surface area (Å²) in [7, 11) is 1.07. The SMILES string of the molecule is COC(=O)C(Cc1ccc(O)c(O)c1)OC(=O)C=Cc1ccc(O)c2c1C(C(=O)OC(Cc1ccc(O)c(O)c1)C(=O)O)C(c1ccc(O)c(O)c1)O2. The maximum absolute atomic E-state index is 14.0. The number of fused-ring (bicyclic) bond motifs is 1. The Bertz CT molecular complexity index is 2100. The smallest absolute Gasteiger partial charge is 0.347 e. The van der Waals surface area contributed by atoms with Gasteiger partial charge in [-0.25, -0.2) is 14.4 Å². The van der Waals surface area contributed by atoms with Crippen molar-refractivity contribution in [3.63, 3.8) is 0 Å². The van der Waals surface area contributed by atoms with Gasteiger partial charge in [-0.3, -0.25) is 4.79 Å². The van der Waals surface area contributed by atoms with Crippen molar-refractivity contribution in [2.24, 2.45) is 0 Å². The average Bonchev–Trinajstić information content (AvgIpc) is 3.53. The Morgan fingerprint density at radius 2 is 1.25 bits per heavy atom. The first-order valence-electron chi connectivity index (χ1n) is 15.6. The van der Waals surface area contributed by atoms with Crippen LogP contribution in [0.25, 0.3) is 6.08 Å². The molecular formula is C37H32O16. The predicted octanol–water partition coefficient (Wildman–Crippen LogP) is 3.42. The second-order valence-corrected chi connectivity index (χ2v) is 11.8. The predicted molar refractivity (Wildman–Crippen MR) is 179 cm³/mol. The summed E-state index contributed by atoms with van der Waals surface area (Å²) in [6.07, 6.45) is -3.31. The van der Waals surface area contributed by atoms with E-state index in [0.717, 1.165) is 37.5 Å². The highest BCUT2D eigenvalue weighted by molar-refractivity contribution is 5.92. The molecule has 4 atom stereocenters. The number of carboxylic acid groups (broad SMARTS) is 1. The van der Waals surface area contributed by atoms with Crippen LogP contribution in [0.2, 0.25) is 0 Å². The Kier molecular flexibility index (Phi) is 10.8. The van der Waals surface area contributed by atoms with Crippen LogP contribution in [0.4, 0.5) is 0 Å². The van der Waals surface area contributed by atoms with Crippen LogP contribution in [0, 0.1) is 0 Å². The fourth-order valence-electron chi connectivity index (χ4n) is 5.61. The van der Waals surface area contributed by atoms with Crippen LogP contribution in [-0.2, 0) is 46.2 Å². The normalized spacial score (nSPS) is 15.9. The molecule has 1 heterocycles. The van der Waals surface area contributed by atoms with E-state index in [-0.39, 0.29) is 34.4 Å². The zero-order chi connectivity index (χ0) is 38.6. The Labute approximate surface area is 299 Å². The number of phenolic OH excluding ortho intramolecular Hbond substituents is 7. The molecule has 0 radical (unpaired) electrons. The van der Waals surface area contributed by atoms with Crippen molar-refractivity contribution in [3.8, 4) is 46.0 Å². The monoisotopic (exact) mass is 732 g/mol. The topological polar surface area (TPSA) is 267 Å².